The first-order valence-electron chi connectivity index (χ1n) is 6.82. The van der Waals surface area contributed by atoms with Gasteiger partial charge in [0.05, 0.1) is 5.97 Å². The first kappa shape index (κ1) is 15.6. The monoisotopic (exact) mass is 298 g/mol. The van der Waals surface area contributed by atoms with Crippen molar-refractivity contribution >= 4 is 17.6 Å². The Kier molecular flexibility index (Phi) is 4.78. The summed E-state index contributed by atoms with van der Waals surface area (Å²) in [4.78, 5) is 22.8. The molecule has 0 aliphatic rings. The lowest BCUT2D eigenvalue weighted by molar-refractivity contribution is -0.312. The quantitative estimate of drug-likeness (QED) is 0.912. The average Bonchev–Trinajstić information content (AvgIpc) is 2.50. The summed E-state index contributed by atoms with van der Waals surface area (Å²) in [5.74, 6) is -1.17. The van der Waals surface area contributed by atoms with Crippen LogP contribution in [0, 0.1) is 6.92 Å². The summed E-state index contributed by atoms with van der Waals surface area (Å²) in [6.07, 6.45) is -1.05. The van der Waals surface area contributed by atoms with E-state index in [0.717, 1.165) is 11.3 Å². The van der Waals surface area contributed by atoms with Gasteiger partial charge in [0.15, 0.2) is 0 Å². The normalized spacial score (nSPS) is 11.5. The van der Waals surface area contributed by atoms with Crippen LogP contribution in [0.5, 0.6) is 5.75 Å². The molecule has 2 aromatic rings. The van der Waals surface area contributed by atoms with Crippen LogP contribution in [0.15, 0.2) is 48.5 Å². The summed E-state index contributed by atoms with van der Waals surface area (Å²) in [6.45, 7) is 3.29. The van der Waals surface area contributed by atoms with Crippen LogP contribution >= 0.6 is 0 Å². The first-order chi connectivity index (χ1) is 10.5. The SMILES string of the molecule is Cc1ccccc1NC(=O)c1ccc(O[C@H](C)C(=O)[O-])cc1. The Hall–Kier alpha value is -2.82. The molecule has 0 radical (unpaired) electrons. The third-order valence-electron chi connectivity index (χ3n) is 3.15. The summed E-state index contributed by atoms with van der Waals surface area (Å²) in [6, 6.07) is 13.7. The van der Waals surface area contributed by atoms with Crippen LogP contribution in [0.25, 0.3) is 0 Å². The molecule has 0 heterocycles. The topological polar surface area (TPSA) is 78.5 Å². The number of carbonyl (C=O) groups excluding carboxylic acids is 2. The van der Waals surface area contributed by atoms with Gasteiger partial charge < -0.3 is 20.0 Å². The Bertz CT molecular complexity index is 679. The second kappa shape index (κ2) is 6.76. The maximum atomic E-state index is 12.2. The highest BCUT2D eigenvalue weighted by Gasteiger charge is 2.09. The van der Waals surface area contributed by atoms with E-state index in [1.165, 1.54) is 6.92 Å². The number of para-hydroxylation sites is 1. The number of amides is 1. The predicted molar refractivity (Wildman–Crippen MR) is 80.7 cm³/mol. The molecule has 114 valence electrons. The maximum Gasteiger partial charge on any atom is 0.255 e. The van der Waals surface area contributed by atoms with E-state index in [0.29, 0.717) is 11.3 Å². The van der Waals surface area contributed by atoms with Gasteiger partial charge in [0, 0.05) is 11.3 Å². The molecule has 5 heteroatoms. The molecule has 1 N–H and O–H groups in total. The van der Waals surface area contributed by atoms with E-state index in [-0.39, 0.29) is 5.91 Å². The summed E-state index contributed by atoms with van der Waals surface area (Å²) in [5, 5.41) is 13.4. The number of hydrogen-bond acceptors (Lipinski definition) is 4. The largest absolute Gasteiger partial charge is 0.546 e. The zero-order valence-electron chi connectivity index (χ0n) is 12.3. The lowest BCUT2D eigenvalue weighted by Gasteiger charge is -2.15. The summed E-state index contributed by atoms with van der Waals surface area (Å²) in [7, 11) is 0. The number of carboxylic acids is 1. The van der Waals surface area contributed by atoms with Gasteiger partial charge in [-0.05, 0) is 49.7 Å². The second-order valence-electron chi connectivity index (χ2n) is 4.87. The van der Waals surface area contributed by atoms with E-state index in [4.69, 9.17) is 4.74 Å². The van der Waals surface area contributed by atoms with Crippen molar-refractivity contribution in [3.05, 3.63) is 59.7 Å². The fourth-order valence-electron chi connectivity index (χ4n) is 1.84. The molecule has 0 aliphatic carbocycles. The van der Waals surface area contributed by atoms with Crippen LogP contribution in [0.2, 0.25) is 0 Å². The van der Waals surface area contributed by atoms with Crippen molar-refractivity contribution in [2.24, 2.45) is 0 Å². The minimum atomic E-state index is -1.29. The molecule has 0 spiro atoms. The van der Waals surface area contributed by atoms with E-state index in [2.05, 4.69) is 5.32 Å². The van der Waals surface area contributed by atoms with Crippen molar-refractivity contribution in [2.45, 2.75) is 20.0 Å². The molecule has 1 atom stereocenters. The van der Waals surface area contributed by atoms with E-state index in [1.54, 1.807) is 24.3 Å². The van der Waals surface area contributed by atoms with Gasteiger partial charge in [-0.1, -0.05) is 18.2 Å². The molecule has 0 saturated carbocycles. The zero-order chi connectivity index (χ0) is 16.1. The van der Waals surface area contributed by atoms with Gasteiger partial charge in [-0.2, -0.15) is 0 Å². The van der Waals surface area contributed by atoms with Gasteiger partial charge in [-0.3, -0.25) is 4.79 Å². The van der Waals surface area contributed by atoms with Crippen molar-refractivity contribution in [1.82, 2.24) is 0 Å². The number of aryl methyl sites for hydroxylation is 1. The number of aliphatic carboxylic acids is 1. The molecule has 0 unspecified atom stereocenters. The Labute approximate surface area is 128 Å². The van der Waals surface area contributed by atoms with Gasteiger partial charge in [0.1, 0.15) is 11.9 Å². The number of ether oxygens (including phenoxy) is 1. The van der Waals surface area contributed by atoms with Crippen LogP contribution in [0.1, 0.15) is 22.8 Å². The highest BCUT2D eigenvalue weighted by molar-refractivity contribution is 6.04. The summed E-state index contributed by atoms with van der Waals surface area (Å²) >= 11 is 0. The zero-order valence-corrected chi connectivity index (χ0v) is 12.3. The van der Waals surface area contributed by atoms with Crippen molar-refractivity contribution in [2.75, 3.05) is 5.32 Å². The number of anilines is 1. The smallest absolute Gasteiger partial charge is 0.255 e. The molecule has 0 saturated heterocycles. The number of carbonyl (C=O) groups is 2. The number of hydrogen-bond donors (Lipinski definition) is 1. The Morgan fingerprint density at radius 1 is 1.09 bits per heavy atom. The van der Waals surface area contributed by atoms with Gasteiger partial charge in [0.25, 0.3) is 5.91 Å². The number of benzene rings is 2. The minimum absolute atomic E-state index is 0.242. The Morgan fingerprint density at radius 2 is 1.73 bits per heavy atom. The van der Waals surface area contributed by atoms with Crippen LogP contribution in [-0.2, 0) is 4.79 Å². The molecule has 1 amide bonds. The van der Waals surface area contributed by atoms with Gasteiger partial charge >= 0.3 is 0 Å². The highest BCUT2D eigenvalue weighted by Crippen LogP contribution is 2.17. The molecular formula is C17H16NO4-. The van der Waals surface area contributed by atoms with Crippen LogP contribution in [0.4, 0.5) is 5.69 Å². The molecule has 0 aromatic heterocycles. The van der Waals surface area contributed by atoms with Crippen molar-refractivity contribution in [3.8, 4) is 5.75 Å². The number of rotatable bonds is 5. The van der Waals surface area contributed by atoms with E-state index >= 15 is 0 Å². The van der Waals surface area contributed by atoms with Crippen LogP contribution in [-0.4, -0.2) is 18.0 Å². The molecule has 5 nitrogen and oxygen atoms in total. The Morgan fingerprint density at radius 3 is 2.32 bits per heavy atom. The van der Waals surface area contributed by atoms with Crippen molar-refractivity contribution < 1.29 is 19.4 Å². The second-order valence-corrected chi connectivity index (χ2v) is 4.87. The minimum Gasteiger partial charge on any atom is -0.546 e. The first-order valence-corrected chi connectivity index (χ1v) is 6.82. The average molecular weight is 298 g/mol. The molecule has 0 fully saturated rings. The van der Waals surface area contributed by atoms with E-state index in [1.807, 2.05) is 31.2 Å². The van der Waals surface area contributed by atoms with Crippen LogP contribution in [0.3, 0.4) is 0 Å². The molecule has 2 rings (SSSR count). The van der Waals surface area contributed by atoms with E-state index in [9.17, 15) is 14.7 Å². The number of carboxylic acid groups (broad SMARTS) is 1. The van der Waals surface area contributed by atoms with Gasteiger partial charge in [0.2, 0.25) is 0 Å². The predicted octanol–water partition coefficient (Wildman–Crippen LogP) is 1.76. The van der Waals surface area contributed by atoms with Gasteiger partial charge in [-0.25, -0.2) is 0 Å². The van der Waals surface area contributed by atoms with Crippen molar-refractivity contribution in [3.63, 3.8) is 0 Å². The summed E-state index contributed by atoms with van der Waals surface area (Å²) < 4.78 is 5.15. The fraction of sp³-hybridized carbons (Fsp3) is 0.176. The lowest BCUT2D eigenvalue weighted by atomic mass is 10.1. The third kappa shape index (κ3) is 3.85. The number of nitrogens with one attached hydrogen (secondary N) is 1. The third-order valence-corrected chi connectivity index (χ3v) is 3.15. The maximum absolute atomic E-state index is 12.2. The van der Waals surface area contributed by atoms with Gasteiger partial charge in [-0.15, -0.1) is 0 Å². The summed E-state index contributed by atoms with van der Waals surface area (Å²) in [5.41, 5.74) is 2.17. The molecule has 0 aliphatic heterocycles. The molecule has 0 bridgehead atoms. The molecular weight excluding hydrogens is 282 g/mol. The van der Waals surface area contributed by atoms with Crippen LogP contribution < -0.4 is 15.2 Å². The molecule has 22 heavy (non-hydrogen) atoms. The molecule has 2 aromatic carbocycles. The Balaban J connectivity index is 2.05. The fourth-order valence-corrected chi connectivity index (χ4v) is 1.84. The standard InChI is InChI=1S/C17H17NO4/c1-11-5-3-4-6-15(11)18-16(19)13-7-9-14(10-8-13)22-12(2)17(20)21/h3-10,12H,1-2H3,(H,18,19)(H,20,21)/p-1/t12-/m1/s1. The highest BCUT2D eigenvalue weighted by atomic mass is 16.5. The van der Waals surface area contributed by atoms with E-state index < -0.39 is 12.1 Å². The van der Waals surface area contributed by atoms with Crippen molar-refractivity contribution in [1.29, 1.82) is 0 Å². The lowest BCUT2D eigenvalue weighted by Crippen LogP contribution is -2.37.